The number of hydrogen-bond acceptors (Lipinski definition) is 6. The predicted octanol–water partition coefficient (Wildman–Crippen LogP) is 1.74. The Hall–Kier alpha value is -0.740. The molecule has 19 heavy (non-hydrogen) atoms. The van der Waals surface area contributed by atoms with Crippen molar-refractivity contribution >= 4 is 37.3 Å². The predicted molar refractivity (Wildman–Crippen MR) is 75.2 cm³/mol. The van der Waals surface area contributed by atoms with E-state index in [1.165, 1.54) is 17.4 Å². The SMILES string of the molecule is Cc1ncc(CNS(=O)(=O)c2cc(CN)oc2Br)s1. The van der Waals surface area contributed by atoms with Gasteiger partial charge >= 0.3 is 0 Å². The Morgan fingerprint density at radius 3 is 2.84 bits per heavy atom. The molecule has 0 aliphatic rings. The molecule has 2 aromatic rings. The lowest BCUT2D eigenvalue weighted by Crippen LogP contribution is -2.22. The van der Waals surface area contributed by atoms with Crippen molar-refractivity contribution in [3.63, 3.8) is 0 Å². The van der Waals surface area contributed by atoms with Crippen LogP contribution in [0.1, 0.15) is 15.6 Å². The lowest BCUT2D eigenvalue weighted by atomic mass is 10.5. The van der Waals surface area contributed by atoms with Crippen molar-refractivity contribution in [1.82, 2.24) is 9.71 Å². The normalized spacial score (nSPS) is 11.9. The average Bonchev–Trinajstić information content (AvgIpc) is 2.93. The van der Waals surface area contributed by atoms with Crippen molar-refractivity contribution in [1.29, 1.82) is 0 Å². The Morgan fingerprint density at radius 2 is 2.32 bits per heavy atom. The second-order valence-electron chi connectivity index (χ2n) is 3.72. The van der Waals surface area contributed by atoms with Crippen molar-refractivity contribution < 1.29 is 12.8 Å². The third kappa shape index (κ3) is 3.42. The minimum atomic E-state index is -3.64. The molecule has 0 radical (unpaired) electrons. The first kappa shape index (κ1) is 14.7. The highest BCUT2D eigenvalue weighted by atomic mass is 79.9. The number of furan rings is 1. The second kappa shape index (κ2) is 5.71. The molecule has 0 fully saturated rings. The van der Waals surface area contributed by atoms with Gasteiger partial charge in [-0.25, -0.2) is 18.1 Å². The van der Waals surface area contributed by atoms with Gasteiger partial charge in [0.15, 0.2) is 4.67 Å². The zero-order valence-corrected chi connectivity index (χ0v) is 13.2. The fourth-order valence-corrected chi connectivity index (χ4v) is 4.24. The number of sulfonamides is 1. The minimum Gasteiger partial charge on any atom is -0.452 e. The number of rotatable bonds is 5. The summed E-state index contributed by atoms with van der Waals surface area (Å²) in [5.74, 6) is 0.404. The van der Waals surface area contributed by atoms with Crippen molar-refractivity contribution in [2.75, 3.05) is 0 Å². The van der Waals surface area contributed by atoms with Crippen LogP contribution in [-0.4, -0.2) is 13.4 Å². The van der Waals surface area contributed by atoms with E-state index in [1.807, 2.05) is 6.92 Å². The molecule has 0 unspecified atom stereocenters. The third-order valence-corrected chi connectivity index (χ3v) is 5.47. The van der Waals surface area contributed by atoms with E-state index in [9.17, 15) is 8.42 Å². The van der Waals surface area contributed by atoms with Gasteiger partial charge in [0.1, 0.15) is 10.7 Å². The summed E-state index contributed by atoms with van der Waals surface area (Å²) in [6.45, 7) is 2.20. The summed E-state index contributed by atoms with van der Waals surface area (Å²) in [7, 11) is -3.64. The fourth-order valence-electron chi connectivity index (χ4n) is 1.41. The third-order valence-electron chi connectivity index (χ3n) is 2.30. The molecule has 0 aliphatic heterocycles. The summed E-state index contributed by atoms with van der Waals surface area (Å²) in [5, 5.41) is 0.893. The van der Waals surface area contributed by atoms with Crippen LogP contribution in [0.3, 0.4) is 0 Å². The number of aromatic nitrogens is 1. The summed E-state index contributed by atoms with van der Waals surface area (Å²) in [6.07, 6.45) is 1.65. The van der Waals surface area contributed by atoms with E-state index in [4.69, 9.17) is 10.2 Å². The molecule has 0 atom stereocenters. The highest BCUT2D eigenvalue weighted by Crippen LogP contribution is 2.26. The Labute approximate surface area is 123 Å². The lowest BCUT2D eigenvalue weighted by molar-refractivity contribution is 0.483. The molecule has 0 aliphatic carbocycles. The van der Waals surface area contributed by atoms with Gasteiger partial charge in [0, 0.05) is 23.7 Å². The standard InChI is InChI=1S/C10H12BrN3O3S2/c1-6-13-4-8(18-6)5-14-19(15,16)9-2-7(3-12)17-10(9)11/h2,4,14H,3,5,12H2,1H3. The molecule has 0 bridgehead atoms. The lowest BCUT2D eigenvalue weighted by Gasteiger charge is -2.02. The molecular weight excluding hydrogens is 354 g/mol. The number of halogens is 1. The van der Waals surface area contributed by atoms with Crippen LogP contribution in [-0.2, 0) is 23.1 Å². The molecule has 2 heterocycles. The van der Waals surface area contributed by atoms with Crippen molar-refractivity contribution in [3.05, 3.63) is 32.6 Å². The zero-order valence-electron chi connectivity index (χ0n) is 10.0. The van der Waals surface area contributed by atoms with Gasteiger partial charge in [-0.1, -0.05) is 0 Å². The number of hydrogen-bond donors (Lipinski definition) is 2. The first-order valence-corrected chi connectivity index (χ1v) is 8.41. The summed E-state index contributed by atoms with van der Waals surface area (Å²) >= 11 is 4.52. The number of nitrogens with one attached hydrogen (secondary N) is 1. The van der Waals surface area contributed by atoms with Crippen molar-refractivity contribution in [3.8, 4) is 0 Å². The molecule has 3 N–H and O–H groups in total. The molecule has 2 aromatic heterocycles. The quantitative estimate of drug-likeness (QED) is 0.840. The van der Waals surface area contributed by atoms with Gasteiger partial charge in [0.25, 0.3) is 0 Å². The van der Waals surface area contributed by atoms with Gasteiger partial charge in [-0.05, 0) is 22.9 Å². The number of nitrogens with zero attached hydrogens (tertiary/aromatic N) is 1. The van der Waals surface area contributed by atoms with Crippen LogP contribution < -0.4 is 10.5 Å². The van der Waals surface area contributed by atoms with Gasteiger partial charge in [0.05, 0.1) is 11.6 Å². The number of nitrogens with two attached hydrogens (primary N) is 1. The summed E-state index contributed by atoms with van der Waals surface area (Å²) in [5.41, 5.74) is 5.41. The Kier molecular flexibility index (Phi) is 4.41. The van der Waals surface area contributed by atoms with Crippen LogP contribution in [0.4, 0.5) is 0 Å². The van der Waals surface area contributed by atoms with E-state index in [0.29, 0.717) is 5.76 Å². The van der Waals surface area contributed by atoms with E-state index < -0.39 is 10.0 Å². The molecule has 0 saturated heterocycles. The second-order valence-corrected chi connectivity index (χ2v) is 7.50. The maximum Gasteiger partial charge on any atom is 0.245 e. The van der Waals surface area contributed by atoms with Crippen LogP contribution >= 0.6 is 27.3 Å². The van der Waals surface area contributed by atoms with E-state index in [-0.39, 0.29) is 22.7 Å². The Balaban J connectivity index is 2.15. The molecule has 104 valence electrons. The molecule has 9 heteroatoms. The van der Waals surface area contributed by atoms with Gasteiger partial charge < -0.3 is 10.2 Å². The van der Waals surface area contributed by atoms with Crippen LogP contribution in [0.2, 0.25) is 0 Å². The Morgan fingerprint density at radius 1 is 1.58 bits per heavy atom. The van der Waals surface area contributed by atoms with Gasteiger partial charge in [-0.2, -0.15) is 0 Å². The highest BCUT2D eigenvalue weighted by Gasteiger charge is 2.22. The average molecular weight is 366 g/mol. The fraction of sp³-hybridized carbons (Fsp3) is 0.300. The largest absolute Gasteiger partial charge is 0.452 e. The molecule has 0 spiro atoms. The smallest absolute Gasteiger partial charge is 0.245 e. The van der Waals surface area contributed by atoms with Crippen LogP contribution in [0, 0.1) is 6.92 Å². The van der Waals surface area contributed by atoms with Crippen LogP contribution in [0.15, 0.2) is 26.2 Å². The zero-order chi connectivity index (χ0) is 14.0. The molecule has 0 saturated carbocycles. The number of aryl methyl sites for hydroxylation is 1. The van der Waals surface area contributed by atoms with E-state index in [2.05, 4.69) is 25.6 Å². The van der Waals surface area contributed by atoms with Crippen molar-refractivity contribution in [2.24, 2.45) is 5.73 Å². The highest BCUT2D eigenvalue weighted by molar-refractivity contribution is 9.10. The minimum absolute atomic E-state index is 0.0502. The Bertz CT molecular complexity index is 678. The first-order valence-electron chi connectivity index (χ1n) is 5.31. The maximum atomic E-state index is 12.1. The van der Waals surface area contributed by atoms with Crippen LogP contribution in [0.25, 0.3) is 0 Å². The molecule has 0 aromatic carbocycles. The van der Waals surface area contributed by atoms with Gasteiger partial charge in [0.2, 0.25) is 10.0 Å². The van der Waals surface area contributed by atoms with E-state index in [0.717, 1.165) is 9.88 Å². The van der Waals surface area contributed by atoms with Gasteiger partial charge in [-0.15, -0.1) is 11.3 Å². The summed E-state index contributed by atoms with van der Waals surface area (Å²) < 4.78 is 32.0. The van der Waals surface area contributed by atoms with E-state index in [1.54, 1.807) is 6.20 Å². The molecule has 0 amide bonds. The topological polar surface area (TPSA) is 98.2 Å². The number of thiazole rings is 1. The maximum absolute atomic E-state index is 12.1. The first-order chi connectivity index (χ1) is 8.92. The van der Waals surface area contributed by atoms with E-state index >= 15 is 0 Å². The molecule has 6 nitrogen and oxygen atoms in total. The van der Waals surface area contributed by atoms with Gasteiger partial charge in [-0.3, -0.25) is 0 Å². The van der Waals surface area contributed by atoms with Crippen LogP contribution in [0.5, 0.6) is 0 Å². The molecule has 2 rings (SSSR count). The summed E-state index contributed by atoms with van der Waals surface area (Å²) in [4.78, 5) is 4.96. The monoisotopic (exact) mass is 365 g/mol. The summed E-state index contributed by atoms with van der Waals surface area (Å²) in [6, 6.07) is 1.41. The van der Waals surface area contributed by atoms with Crippen molar-refractivity contribution in [2.45, 2.75) is 24.9 Å². The molecular formula is C10H12BrN3O3S2.